The van der Waals surface area contributed by atoms with Gasteiger partial charge in [0.25, 0.3) is 0 Å². The second-order valence-electron chi connectivity index (χ2n) is 6.12. The fourth-order valence-corrected chi connectivity index (χ4v) is 4.82. The van der Waals surface area contributed by atoms with Gasteiger partial charge in [0.05, 0.1) is 18.6 Å². The minimum Gasteiger partial charge on any atom is -0.468 e. The third-order valence-corrected chi connectivity index (χ3v) is 6.37. The molecule has 2 aromatic rings. The molecule has 1 aliphatic rings. The Morgan fingerprint density at radius 2 is 2.07 bits per heavy atom. The molecule has 3 rings (SSSR count). The van der Waals surface area contributed by atoms with Gasteiger partial charge in [0, 0.05) is 18.8 Å². The molecular weight excluding hydrogens is 386 g/mol. The van der Waals surface area contributed by atoms with Crippen molar-refractivity contribution in [3.8, 4) is 5.69 Å². The largest absolute Gasteiger partial charge is 0.468 e. The topological polar surface area (TPSA) is 90.2 Å². The number of hydrogen-bond donors (Lipinski definition) is 0. The number of esters is 1. The predicted octanol–water partition coefficient (Wildman–Crippen LogP) is 1.49. The molecule has 1 aromatic carbocycles. The summed E-state index contributed by atoms with van der Waals surface area (Å²) in [5.74, 6) is 0.606. The average molecular weight is 408 g/mol. The van der Waals surface area contributed by atoms with Crippen molar-refractivity contribution in [3.05, 3.63) is 29.3 Å². The van der Waals surface area contributed by atoms with E-state index in [-0.39, 0.29) is 22.9 Å². The number of aryl methyl sites for hydroxylation is 2. The van der Waals surface area contributed by atoms with Crippen LogP contribution in [0.25, 0.3) is 5.69 Å². The van der Waals surface area contributed by atoms with Gasteiger partial charge in [0.15, 0.2) is 0 Å². The van der Waals surface area contributed by atoms with Gasteiger partial charge >= 0.3 is 5.97 Å². The van der Waals surface area contributed by atoms with E-state index in [0.29, 0.717) is 18.2 Å². The van der Waals surface area contributed by atoms with Crippen molar-refractivity contribution in [2.75, 3.05) is 31.7 Å². The van der Waals surface area contributed by atoms with Crippen molar-refractivity contribution in [1.82, 2.24) is 25.1 Å². The molecule has 0 saturated carbocycles. The Kier molecular flexibility index (Phi) is 6.38. The molecule has 0 N–H and O–H groups in total. The second kappa shape index (κ2) is 8.75. The van der Waals surface area contributed by atoms with Gasteiger partial charge in [-0.2, -0.15) is 4.68 Å². The Balaban J connectivity index is 1.67. The highest BCUT2D eigenvalue weighted by Crippen LogP contribution is 2.25. The van der Waals surface area contributed by atoms with Crippen molar-refractivity contribution in [3.63, 3.8) is 0 Å². The van der Waals surface area contributed by atoms with E-state index >= 15 is 0 Å². The Morgan fingerprint density at radius 3 is 2.78 bits per heavy atom. The molecule has 0 aliphatic carbocycles. The molecule has 0 radical (unpaired) electrons. The van der Waals surface area contributed by atoms with E-state index in [4.69, 9.17) is 4.74 Å². The lowest BCUT2D eigenvalue weighted by molar-refractivity contribution is -0.141. The molecule has 8 nitrogen and oxygen atoms in total. The molecule has 1 saturated heterocycles. The van der Waals surface area contributed by atoms with Crippen molar-refractivity contribution in [1.29, 1.82) is 0 Å². The predicted molar refractivity (Wildman–Crippen MR) is 104 cm³/mol. The SMILES string of the molecule is COC(=O)[C@@H]1CN(C(=O)CSc2nnnn2-c2c(C)cccc2C)CCS1. The van der Waals surface area contributed by atoms with E-state index in [1.807, 2.05) is 32.0 Å². The smallest absolute Gasteiger partial charge is 0.320 e. The first-order valence-electron chi connectivity index (χ1n) is 8.46. The number of aromatic nitrogens is 4. The summed E-state index contributed by atoms with van der Waals surface area (Å²) in [6, 6.07) is 5.99. The van der Waals surface area contributed by atoms with Crippen LogP contribution in [0.4, 0.5) is 0 Å². The first-order chi connectivity index (χ1) is 13.0. The zero-order valence-corrected chi connectivity index (χ0v) is 17.0. The van der Waals surface area contributed by atoms with Gasteiger partial charge in [-0.25, -0.2) is 0 Å². The molecule has 10 heteroatoms. The number of amides is 1. The normalized spacial score (nSPS) is 17.0. The maximum absolute atomic E-state index is 12.6. The van der Waals surface area contributed by atoms with Crippen LogP contribution in [0.1, 0.15) is 11.1 Å². The molecule has 0 bridgehead atoms. The highest BCUT2D eigenvalue weighted by atomic mass is 32.2. The fraction of sp³-hybridized carbons (Fsp3) is 0.471. The zero-order chi connectivity index (χ0) is 19.4. The zero-order valence-electron chi connectivity index (χ0n) is 15.4. The Hall–Kier alpha value is -2.07. The number of carbonyl (C=O) groups excluding carboxylic acids is 2. The highest BCUT2D eigenvalue weighted by molar-refractivity contribution is 8.00. The number of thioether (sulfide) groups is 2. The Bertz CT molecular complexity index is 821. The van der Waals surface area contributed by atoms with E-state index in [2.05, 4.69) is 15.5 Å². The summed E-state index contributed by atoms with van der Waals surface area (Å²) in [6.07, 6.45) is 0. The number of hydrogen-bond acceptors (Lipinski definition) is 8. The van der Waals surface area contributed by atoms with Gasteiger partial charge in [0.1, 0.15) is 5.25 Å². The Labute approximate surface area is 166 Å². The van der Waals surface area contributed by atoms with Crippen LogP contribution in [0.15, 0.2) is 23.4 Å². The van der Waals surface area contributed by atoms with Crippen LogP contribution < -0.4 is 0 Å². The van der Waals surface area contributed by atoms with E-state index in [9.17, 15) is 9.59 Å². The number of para-hydroxylation sites is 1. The molecule has 0 spiro atoms. The summed E-state index contributed by atoms with van der Waals surface area (Å²) >= 11 is 2.82. The molecule has 2 heterocycles. The van der Waals surface area contributed by atoms with Gasteiger partial charge in [-0.1, -0.05) is 30.0 Å². The molecule has 1 amide bonds. The summed E-state index contributed by atoms with van der Waals surface area (Å²) in [6.45, 7) is 5.00. The number of nitrogens with zero attached hydrogens (tertiary/aromatic N) is 5. The number of benzene rings is 1. The second-order valence-corrected chi connectivity index (χ2v) is 8.38. The molecule has 1 fully saturated rings. The monoisotopic (exact) mass is 407 g/mol. The van der Waals surface area contributed by atoms with Crippen LogP contribution in [0, 0.1) is 13.8 Å². The number of ether oxygens (including phenoxy) is 1. The molecule has 1 aromatic heterocycles. The van der Waals surface area contributed by atoms with Crippen molar-refractivity contribution in [2.45, 2.75) is 24.3 Å². The van der Waals surface area contributed by atoms with E-state index in [0.717, 1.165) is 22.6 Å². The van der Waals surface area contributed by atoms with Gasteiger partial charge in [0.2, 0.25) is 11.1 Å². The minimum absolute atomic E-state index is 0.0368. The lowest BCUT2D eigenvalue weighted by atomic mass is 10.1. The molecule has 1 aliphatic heterocycles. The van der Waals surface area contributed by atoms with Crippen LogP contribution in [0.2, 0.25) is 0 Å². The number of carbonyl (C=O) groups is 2. The lowest BCUT2D eigenvalue weighted by Crippen LogP contribution is -2.45. The van der Waals surface area contributed by atoms with Crippen molar-refractivity contribution >= 4 is 35.4 Å². The van der Waals surface area contributed by atoms with E-state index < -0.39 is 0 Å². The fourth-order valence-electron chi connectivity index (χ4n) is 2.92. The molecule has 27 heavy (non-hydrogen) atoms. The minimum atomic E-state index is -0.322. The summed E-state index contributed by atoms with van der Waals surface area (Å²) < 4.78 is 6.46. The van der Waals surface area contributed by atoms with Gasteiger partial charge < -0.3 is 9.64 Å². The summed E-state index contributed by atoms with van der Waals surface area (Å²) in [4.78, 5) is 26.0. The highest BCUT2D eigenvalue weighted by Gasteiger charge is 2.29. The summed E-state index contributed by atoms with van der Waals surface area (Å²) in [7, 11) is 1.37. The van der Waals surface area contributed by atoms with Crippen LogP contribution in [-0.2, 0) is 14.3 Å². The van der Waals surface area contributed by atoms with Crippen LogP contribution in [0.5, 0.6) is 0 Å². The lowest BCUT2D eigenvalue weighted by Gasteiger charge is -2.30. The third-order valence-electron chi connectivity index (χ3n) is 4.30. The van der Waals surface area contributed by atoms with Crippen LogP contribution in [0.3, 0.4) is 0 Å². The quantitative estimate of drug-likeness (QED) is 0.544. The van der Waals surface area contributed by atoms with E-state index in [1.54, 1.807) is 9.58 Å². The van der Waals surface area contributed by atoms with Crippen LogP contribution >= 0.6 is 23.5 Å². The van der Waals surface area contributed by atoms with Gasteiger partial charge in [-0.3, -0.25) is 9.59 Å². The molecular formula is C17H21N5O3S2. The summed E-state index contributed by atoms with van der Waals surface area (Å²) in [5.41, 5.74) is 3.05. The van der Waals surface area contributed by atoms with Crippen LogP contribution in [-0.4, -0.2) is 73.9 Å². The average Bonchev–Trinajstić information content (AvgIpc) is 3.13. The number of tetrazole rings is 1. The molecule has 0 unspecified atom stereocenters. The Morgan fingerprint density at radius 1 is 1.33 bits per heavy atom. The molecule has 144 valence electrons. The number of methoxy groups -OCH3 is 1. The first kappa shape index (κ1) is 19.7. The maximum atomic E-state index is 12.6. The maximum Gasteiger partial charge on any atom is 0.320 e. The molecule has 1 atom stereocenters. The van der Waals surface area contributed by atoms with Crippen molar-refractivity contribution < 1.29 is 14.3 Å². The summed E-state index contributed by atoms with van der Waals surface area (Å²) in [5, 5.41) is 12.2. The standard InChI is InChI=1S/C17H21N5O3S2/c1-11-5-4-6-12(2)15(11)22-17(18-19-20-22)27-10-14(23)21-7-8-26-13(9-21)16(24)25-3/h4-6,13H,7-10H2,1-3H3/t13-/m0/s1. The van der Waals surface area contributed by atoms with Gasteiger partial charge in [-0.15, -0.1) is 16.9 Å². The first-order valence-corrected chi connectivity index (χ1v) is 10.5. The van der Waals surface area contributed by atoms with E-state index in [1.165, 1.54) is 30.6 Å². The van der Waals surface area contributed by atoms with Gasteiger partial charge in [-0.05, 0) is 35.4 Å². The number of rotatable bonds is 5. The third kappa shape index (κ3) is 4.44. The van der Waals surface area contributed by atoms with Crippen molar-refractivity contribution in [2.24, 2.45) is 0 Å².